The molecule has 0 radical (unpaired) electrons. The third kappa shape index (κ3) is 3.25. The Morgan fingerprint density at radius 3 is 2.70 bits per heavy atom. The van der Waals surface area contributed by atoms with Gasteiger partial charge in [-0.1, -0.05) is 19.1 Å². The van der Waals surface area contributed by atoms with E-state index in [2.05, 4.69) is 17.1 Å². The summed E-state index contributed by atoms with van der Waals surface area (Å²) >= 11 is 0. The van der Waals surface area contributed by atoms with Crippen molar-refractivity contribution < 1.29 is 19.0 Å². The van der Waals surface area contributed by atoms with Gasteiger partial charge in [0, 0.05) is 17.6 Å². The molecule has 27 heavy (non-hydrogen) atoms. The van der Waals surface area contributed by atoms with E-state index in [1.807, 2.05) is 4.57 Å². The molecule has 1 aliphatic rings. The van der Waals surface area contributed by atoms with Crippen LogP contribution in [0.5, 0.6) is 5.88 Å². The maximum atomic E-state index is 13.1. The molecule has 2 aromatic heterocycles. The molecule has 0 spiro atoms. The van der Waals surface area contributed by atoms with E-state index in [1.54, 1.807) is 19.1 Å². The molecule has 1 fully saturated rings. The highest BCUT2D eigenvalue weighted by Gasteiger charge is 2.34. The van der Waals surface area contributed by atoms with Gasteiger partial charge >= 0.3 is 5.97 Å². The van der Waals surface area contributed by atoms with Crippen LogP contribution in [-0.2, 0) is 13.2 Å². The van der Waals surface area contributed by atoms with E-state index >= 15 is 0 Å². The minimum absolute atomic E-state index is 0.195. The summed E-state index contributed by atoms with van der Waals surface area (Å²) < 4.78 is 20.9. The number of aromatic nitrogens is 3. The number of carboxylic acid groups (broad SMARTS) is 1. The fraction of sp³-hybridized carbons (Fsp3) is 0.350. The van der Waals surface area contributed by atoms with Crippen molar-refractivity contribution in [1.82, 2.24) is 14.8 Å². The monoisotopic (exact) mass is 369 g/mol. The first-order valence-corrected chi connectivity index (χ1v) is 8.90. The molecule has 1 aromatic carbocycles. The Morgan fingerprint density at radius 2 is 2.07 bits per heavy atom. The largest absolute Gasteiger partial charge is 0.478 e. The van der Waals surface area contributed by atoms with Crippen LogP contribution in [0.4, 0.5) is 4.39 Å². The van der Waals surface area contributed by atoms with Gasteiger partial charge in [0.2, 0.25) is 0 Å². The molecule has 2 heterocycles. The van der Waals surface area contributed by atoms with Crippen molar-refractivity contribution in [2.24, 2.45) is 11.8 Å². The van der Waals surface area contributed by atoms with Crippen molar-refractivity contribution in [2.45, 2.75) is 33.4 Å². The molecule has 3 aromatic rings. The first-order valence-electron chi connectivity index (χ1n) is 8.90. The summed E-state index contributed by atoms with van der Waals surface area (Å²) in [6.07, 6.45) is 2.61. The topological polar surface area (TPSA) is 77.2 Å². The zero-order valence-electron chi connectivity index (χ0n) is 15.1. The lowest BCUT2D eigenvalue weighted by atomic mass is 10.2. The maximum Gasteiger partial charge on any atom is 0.338 e. The van der Waals surface area contributed by atoms with E-state index in [-0.39, 0.29) is 18.0 Å². The molecule has 140 valence electrons. The van der Waals surface area contributed by atoms with Gasteiger partial charge in [0.1, 0.15) is 17.9 Å². The second-order valence-corrected chi connectivity index (χ2v) is 7.18. The summed E-state index contributed by atoms with van der Waals surface area (Å²) in [6, 6.07) is 6.02. The van der Waals surface area contributed by atoms with Gasteiger partial charge in [0.25, 0.3) is 5.88 Å². The number of carbonyl (C=O) groups is 1. The van der Waals surface area contributed by atoms with Gasteiger partial charge in [-0.3, -0.25) is 0 Å². The lowest BCUT2D eigenvalue weighted by Gasteiger charge is -2.11. The highest BCUT2D eigenvalue weighted by molar-refractivity contribution is 6.05. The van der Waals surface area contributed by atoms with Crippen LogP contribution >= 0.6 is 0 Å². The first-order chi connectivity index (χ1) is 13.0. The smallest absolute Gasteiger partial charge is 0.338 e. The Bertz CT molecular complexity index is 1010. The van der Waals surface area contributed by atoms with Crippen molar-refractivity contribution in [1.29, 1.82) is 0 Å². The standard InChI is InChI=1S/C20H20FN3O3/c1-11-7-14(11)9-24-12(2)17(20(25)26)16-8-22-23-19(18(16)24)27-10-13-3-5-15(21)6-4-13/h3-6,8,11,14H,7,9-10H2,1-2H3,(H,25,26)/t11-,14+/m0/s1. The SMILES string of the molecule is Cc1c(C(=O)O)c2cnnc(OCc3ccc(F)cc3)c2n1C[C@H]1C[C@@H]1C. The molecule has 2 atom stereocenters. The fourth-order valence-electron chi connectivity index (χ4n) is 3.52. The number of halogens is 1. The van der Waals surface area contributed by atoms with Crippen molar-refractivity contribution >= 4 is 16.9 Å². The molecular weight excluding hydrogens is 349 g/mol. The van der Waals surface area contributed by atoms with Crippen molar-refractivity contribution in [3.05, 3.63) is 53.1 Å². The summed E-state index contributed by atoms with van der Waals surface area (Å²) in [4.78, 5) is 11.8. The van der Waals surface area contributed by atoms with E-state index in [1.165, 1.54) is 18.3 Å². The predicted molar refractivity (Wildman–Crippen MR) is 97.2 cm³/mol. The Labute approximate surface area is 155 Å². The van der Waals surface area contributed by atoms with Crippen LogP contribution < -0.4 is 4.74 Å². The van der Waals surface area contributed by atoms with Crippen molar-refractivity contribution in [3.8, 4) is 5.88 Å². The van der Waals surface area contributed by atoms with Gasteiger partial charge in [0.05, 0.1) is 11.8 Å². The third-order valence-electron chi connectivity index (χ3n) is 5.29. The maximum absolute atomic E-state index is 13.1. The number of carboxylic acids is 1. The van der Waals surface area contributed by atoms with Crippen LogP contribution in [-0.4, -0.2) is 25.8 Å². The van der Waals surface area contributed by atoms with Crippen LogP contribution in [0.3, 0.4) is 0 Å². The number of aromatic carboxylic acids is 1. The van der Waals surface area contributed by atoms with Gasteiger partial charge in [0.15, 0.2) is 0 Å². The average molecular weight is 369 g/mol. The summed E-state index contributed by atoms with van der Waals surface area (Å²) in [5.41, 5.74) is 2.36. The number of nitrogens with zero attached hydrogens (tertiary/aromatic N) is 3. The summed E-state index contributed by atoms with van der Waals surface area (Å²) in [7, 11) is 0. The highest BCUT2D eigenvalue weighted by Crippen LogP contribution is 2.41. The van der Waals surface area contributed by atoms with Crippen molar-refractivity contribution in [3.63, 3.8) is 0 Å². The fourth-order valence-corrected chi connectivity index (χ4v) is 3.52. The van der Waals surface area contributed by atoms with Gasteiger partial charge in [-0.05, 0) is 42.9 Å². The highest BCUT2D eigenvalue weighted by atomic mass is 19.1. The molecule has 0 saturated heterocycles. The molecule has 0 unspecified atom stereocenters. The van der Waals surface area contributed by atoms with Gasteiger partial charge < -0.3 is 14.4 Å². The van der Waals surface area contributed by atoms with E-state index in [0.717, 1.165) is 18.5 Å². The molecule has 0 amide bonds. The van der Waals surface area contributed by atoms with Crippen molar-refractivity contribution in [2.75, 3.05) is 0 Å². The molecule has 7 heteroatoms. The van der Waals surface area contributed by atoms with Gasteiger partial charge in [-0.25, -0.2) is 9.18 Å². The van der Waals surface area contributed by atoms with Crippen LogP contribution in [0.15, 0.2) is 30.5 Å². The van der Waals surface area contributed by atoms with E-state index in [4.69, 9.17) is 4.74 Å². The third-order valence-corrected chi connectivity index (χ3v) is 5.29. The summed E-state index contributed by atoms with van der Waals surface area (Å²) in [5, 5.41) is 18.2. The zero-order chi connectivity index (χ0) is 19.1. The molecule has 4 rings (SSSR count). The van der Waals surface area contributed by atoms with Crippen LogP contribution in [0.2, 0.25) is 0 Å². The summed E-state index contributed by atoms with van der Waals surface area (Å²) in [6.45, 7) is 4.92. The van der Waals surface area contributed by atoms with E-state index in [9.17, 15) is 14.3 Å². The zero-order valence-corrected chi connectivity index (χ0v) is 15.1. The number of hydrogen-bond acceptors (Lipinski definition) is 4. The Balaban J connectivity index is 1.74. The molecule has 6 nitrogen and oxygen atoms in total. The predicted octanol–water partition coefficient (Wildman–Crippen LogP) is 3.81. The van der Waals surface area contributed by atoms with E-state index < -0.39 is 5.97 Å². The molecule has 1 N–H and O–H groups in total. The minimum atomic E-state index is -0.988. The molecule has 0 bridgehead atoms. The molecule has 1 aliphatic carbocycles. The number of benzene rings is 1. The quantitative estimate of drug-likeness (QED) is 0.715. The molecule has 1 saturated carbocycles. The van der Waals surface area contributed by atoms with Gasteiger partial charge in [-0.15, -0.1) is 5.10 Å². The second kappa shape index (κ2) is 6.64. The van der Waals surface area contributed by atoms with Crippen LogP contribution in [0.1, 0.15) is 35.0 Å². The lowest BCUT2D eigenvalue weighted by molar-refractivity contribution is 0.0698. The number of fused-ring (bicyclic) bond motifs is 1. The Hall–Kier alpha value is -2.96. The Kier molecular flexibility index (Phi) is 4.30. The average Bonchev–Trinajstić information content (AvgIpc) is 3.25. The normalized spacial score (nSPS) is 18.6. The van der Waals surface area contributed by atoms with Crippen LogP contribution in [0, 0.1) is 24.6 Å². The van der Waals surface area contributed by atoms with Gasteiger partial charge in [-0.2, -0.15) is 5.10 Å². The lowest BCUT2D eigenvalue weighted by Crippen LogP contribution is -2.07. The summed E-state index contributed by atoms with van der Waals surface area (Å²) in [5.74, 6) is 0.153. The molecular formula is C20H20FN3O3. The number of rotatable bonds is 6. The second-order valence-electron chi connectivity index (χ2n) is 7.18. The number of hydrogen-bond donors (Lipinski definition) is 1. The minimum Gasteiger partial charge on any atom is -0.478 e. The van der Waals surface area contributed by atoms with Crippen LogP contribution in [0.25, 0.3) is 10.9 Å². The first kappa shape index (κ1) is 17.5. The molecule has 0 aliphatic heterocycles. The number of ether oxygens (including phenoxy) is 1. The van der Waals surface area contributed by atoms with E-state index in [0.29, 0.717) is 34.3 Å². The Morgan fingerprint density at radius 1 is 1.37 bits per heavy atom.